The largest absolute Gasteiger partial charge is 0.493 e. The highest BCUT2D eigenvalue weighted by molar-refractivity contribution is 5.97. The monoisotopic (exact) mass is 374 g/mol. The predicted octanol–water partition coefficient (Wildman–Crippen LogP) is 2.08. The van der Waals surface area contributed by atoms with Gasteiger partial charge < -0.3 is 19.5 Å². The third-order valence-corrected chi connectivity index (χ3v) is 3.19. The maximum atomic E-state index is 12.3. The number of rotatable bonds is 8. The molecule has 10 heteroatoms. The molecule has 1 aromatic rings. The molecule has 0 aliphatic heterocycles. The number of hydrogen-bond acceptors (Lipinski definition) is 6. The van der Waals surface area contributed by atoms with Crippen LogP contribution in [0.3, 0.4) is 0 Å². The highest BCUT2D eigenvalue weighted by atomic mass is 19.3. The van der Waals surface area contributed by atoms with Crippen LogP contribution in [0.5, 0.6) is 11.5 Å². The number of alkyl halides is 2. The fourth-order valence-electron chi connectivity index (χ4n) is 1.73. The maximum absolute atomic E-state index is 12.3. The highest BCUT2D eigenvalue weighted by Crippen LogP contribution is 2.29. The second-order valence-electron chi connectivity index (χ2n) is 5.15. The van der Waals surface area contributed by atoms with Crippen molar-refractivity contribution < 1.29 is 37.4 Å². The van der Waals surface area contributed by atoms with E-state index in [1.807, 2.05) is 12.2 Å². The number of halogens is 2. The Bertz CT molecular complexity index is 654. The second kappa shape index (κ2) is 10.2. The molecule has 2 N–H and O–H groups in total. The smallest absolute Gasteiger partial charge is 0.387 e. The molecule has 1 rings (SSSR count). The van der Waals surface area contributed by atoms with Gasteiger partial charge in [0.1, 0.15) is 0 Å². The van der Waals surface area contributed by atoms with Crippen molar-refractivity contribution in [1.29, 1.82) is 0 Å². The molecule has 0 aliphatic rings. The van der Waals surface area contributed by atoms with Gasteiger partial charge in [0.15, 0.2) is 18.1 Å². The van der Waals surface area contributed by atoms with Gasteiger partial charge in [0.2, 0.25) is 0 Å². The number of benzene rings is 1. The number of methoxy groups -OCH3 is 1. The highest BCUT2D eigenvalue weighted by Gasteiger charge is 2.17. The van der Waals surface area contributed by atoms with E-state index in [1.54, 1.807) is 6.92 Å². The van der Waals surface area contributed by atoms with Crippen molar-refractivity contribution >= 4 is 17.9 Å². The molecule has 0 fully saturated rings. The van der Waals surface area contributed by atoms with Crippen LogP contribution in [0, 0.1) is 0 Å². The molecule has 0 aliphatic carbocycles. The van der Waals surface area contributed by atoms with Gasteiger partial charge in [-0.1, -0.05) is 6.92 Å². The number of esters is 1. The summed E-state index contributed by atoms with van der Waals surface area (Å²) in [4.78, 5) is 35.0. The van der Waals surface area contributed by atoms with Crippen LogP contribution in [0.15, 0.2) is 18.2 Å². The Kier molecular flexibility index (Phi) is 8.26. The summed E-state index contributed by atoms with van der Waals surface area (Å²) in [5.74, 6) is -2.07. The summed E-state index contributed by atoms with van der Waals surface area (Å²) in [7, 11) is 1.21. The Labute approximate surface area is 148 Å². The van der Waals surface area contributed by atoms with Crippen molar-refractivity contribution in [3.63, 3.8) is 0 Å². The summed E-state index contributed by atoms with van der Waals surface area (Å²) in [6.45, 7) is -0.115. The summed E-state index contributed by atoms with van der Waals surface area (Å²) in [5, 5.41) is 4.52. The molecule has 0 radical (unpaired) electrons. The Morgan fingerprint density at radius 2 is 1.88 bits per heavy atom. The number of imide groups is 1. The lowest BCUT2D eigenvalue weighted by Crippen LogP contribution is -2.44. The summed E-state index contributed by atoms with van der Waals surface area (Å²) in [6.07, 6.45) is 0.684. The topological polar surface area (TPSA) is 103 Å². The van der Waals surface area contributed by atoms with E-state index in [1.165, 1.54) is 13.2 Å². The molecule has 1 aromatic carbocycles. The first-order valence-corrected chi connectivity index (χ1v) is 7.67. The van der Waals surface area contributed by atoms with Crippen LogP contribution < -0.4 is 20.1 Å². The van der Waals surface area contributed by atoms with Crippen LogP contribution in [-0.4, -0.2) is 44.3 Å². The first-order valence-electron chi connectivity index (χ1n) is 7.67. The lowest BCUT2D eigenvalue weighted by molar-refractivity contribution is -0.123. The normalized spacial score (nSPS) is 11.5. The van der Waals surface area contributed by atoms with Gasteiger partial charge in [-0.15, -0.1) is 0 Å². The average molecular weight is 374 g/mol. The first kappa shape index (κ1) is 21.1. The molecule has 144 valence electrons. The van der Waals surface area contributed by atoms with Crippen molar-refractivity contribution in [2.24, 2.45) is 0 Å². The molecule has 0 bridgehead atoms. The lowest BCUT2D eigenvalue weighted by Gasteiger charge is -2.12. The van der Waals surface area contributed by atoms with Crippen molar-refractivity contribution in [2.75, 3.05) is 13.7 Å². The summed E-state index contributed by atoms with van der Waals surface area (Å²) >= 11 is 0. The van der Waals surface area contributed by atoms with E-state index in [-0.39, 0.29) is 23.1 Å². The molecular weight excluding hydrogens is 354 g/mol. The number of carbonyl (C=O) groups is 3. The van der Waals surface area contributed by atoms with E-state index in [2.05, 4.69) is 10.1 Å². The Morgan fingerprint density at radius 1 is 1.19 bits per heavy atom. The molecule has 8 nitrogen and oxygen atoms in total. The molecule has 0 unspecified atom stereocenters. The maximum Gasteiger partial charge on any atom is 0.387 e. The van der Waals surface area contributed by atoms with E-state index < -0.39 is 31.1 Å². The van der Waals surface area contributed by atoms with Gasteiger partial charge >= 0.3 is 18.6 Å². The van der Waals surface area contributed by atoms with Crippen molar-refractivity contribution in [3.05, 3.63) is 23.8 Å². The molecule has 1 atom stereocenters. The fourth-order valence-corrected chi connectivity index (χ4v) is 1.73. The summed E-state index contributed by atoms with van der Waals surface area (Å²) in [6, 6.07) is 2.60. The van der Waals surface area contributed by atoms with Gasteiger partial charge in [-0.2, -0.15) is 8.78 Å². The minimum Gasteiger partial charge on any atom is -0.493 e. The average Bonchev–Trinajstić information content (AvgIpc) is 2.59. The molecule has 0 saturated heterocycles. The minimum atomic E-state index is -3.05. The lowest BCUT2D eigenvalue weighted by atomic mass is 10.2. The standard InChI is InChI=1S/C16H20F2N2O6/c1-4-9(2)19-16(23)20-13(21)8-25-14(22)10-5-6-11(26-15(17)18)12(7-10)24-3/h5-7,9,15H,4,8H2,1-3H3,(H2,19,20,21,23)/t9-/m0/s1. The Balaban J connectivity index is 2.59. The van der Waals surface area contributed by atoms with Gasteiger partial charge in [-0.25, -0.2) is 9.59 Å². The molecule has 3 amide bonds. The van der Waals surface area contributed by atoms with Crippen LogP contribution >= 0.6 is 0 Å². The van der Waals surface area contributed by atoms with Crippen LogP contribution in [0.25, 0.3) is 0 Å². The van der Waals surface area contributed by atoms with E-state index in [0.717, 1.165) is 12.1 Å². The molecule has 0 spiro atoms. The number of ether oxygens (including phenoxy) is 3. The number of hydrogen-bond donors (Lipinski definition) is 2. The first-order chi connectivity index (χ1) is 12.3. The number of nitrogens with one attached hydrogen (secondary N) is 2. The van der Waals surface area contributed by atoms with E-state index in [9.17, 15) is 23.2 Å². The third kappa shape index (κ3) is 6.91. The summed E-state index contributed by atoms with van der Waals surface area (Å²) < 4.78 is 38.4. The zero-order valence-electron chi connectivity index (χ0n) is 14.5. The van der Waals surface area contributed by atoms with E-state index in [4.69, 9.17) is 9.47 Å². The van der Waals surface area contributed by atoms with Gasteiger partial charge in [0, 0.05) is 6.04 Å². The van der Waals surface area contributed by atoms with E-state index >= 15 is 0 Å². The van der Waals surface area contributed by atoms with Gasteiger partial charge in [-0.3, -0.25) is 10.1 Å². The van der Waals surface area contributed by atoms with Crippen molar-refractivity contribution in [2.45, 2.75) is 32.9 Å². The van der Waals surface area contributed by atoms with Crippen LogP contribution in [0.4, 0.5) is 13.6 Å². The zero-order chi connectivity index (χ0) is 19.7. The quantitative estimate of drug-likeness (QED) is 0.676. The van der Waals surface area contributed by atoms with Crippen LogP contribution in [0.1, 0.15) is 30.6 Å². The molecule has 0 aromatic heterocycles. The SMILES string of the molecule is CC[C@H](C)NC(=O)NC(=O)COC(=O)c1ccc(OC(F)F)c(OC)c1. The molecule has 0 saturated carbocycles. The second-order valence-corrected chi connectivity index (χ2v) is 5.15. The number of carbonyl (C=O) groups excluding carboxylic acids is 3. The number of amides is 3. The predicted molar refractivity (Wildman–Crippen MR) is 86.3 cm³/mol. The van der Waals surface area contributed by atoms with Gasteiger partial charge in [-0.05, 0) is 31.5 Å². The molecule has 26 heavy (non-hydrogen) atoms. The zero-order valence-corrected chi connectivity index (χ0v) is 14.5. The number of urea groups is 1. The van der Waals surface area contributed by atoms with Crippen molar-refractivity contribution in [3.8, 4) is 11.5 Å². The molecular formula is C16H20F2N2O6. The summed E-state index contributed by atoms with van der Waals surface area (Å²) in [5.41, 5.74) is -0.0414. The third-order valence-electron chi connectivity index (χ3n) is 3.19. The van der Waals surface area contributed by atoms with Gasteiger partial charge in [0.25, 0.3) is 5.91 Å². The molecule has 0 heterocycles. The van der Waals surface area contributed by atoms with Crippen LogP contribution in [0.2, 0.25) is 0 Å². The van der Waals surface area contributed by atoms with E-state index in [0.29, 0.717) is 6.42 Å². The Hall–Kier alpha value is -2.91. The van der Waals surface area contributed by atoms with Gasteiger partial charge in [0.05, 0.1) is 12.7 Å². The minimum absolute atomic E-state index is 0.0414. The fraction of sp³-hybridized carbons (Fsp3) is 0.438. The van der Waals surface area contributed by atoms with Crippen molar-refractivity contribution in [1.82, 2.24) is 10.6 Å². The van der Waals surface area contributed by atoms with Crippen LogP contribution in [-0.2, 0) is 9.53 Å². The Morgan fingerprint density at radius 3 is 2.46 bits per heavy atom.